The Bertz CT molecular complexity index is 2080. The molecule has 0 bridgehead atoms. The molecule has 0 aliphatic heterocycles. The first-order valence-corrected chi connectivity index (χ1v) is 14.6. The molecule has 366 valence electrons. The van der Waals surface area contributed by atoms with Crippen LogP contribution in [-0.2, 0) is 25.0 Å². The molecule has 0 saturated heterocycles. The van der Waals surface area contributed by atoms with Crippen molar-refractivity contribution in [3.63, 3.8) is 0 Å². The summed E-state index contributed by atoms with van der Waals surface area (Å²) in [6.45, 7) is -0.774. The van der Waals surface area contributed by atoms with Gasteiger partial charge in [-0.15, -0.1) is 0 Å². The maximum Gasteiger partial charge on any atom is 0.460 e. The van der Waals surface area contributed by atoms with Crippen LogP contribution in [0.1, 0.15) is 28.4 Å². The van der Waals surface area contributed by atoms with Gasteiger partial charge in [-0.2, -0.15) is 137 Å². The zero-order valence-electron chi connectivity index (χ0n) is 29.2. The van der Waals surface area contributed by atoms with E-state index in [-0.39, 0.29) is 0 Å². The van der Waals surface area contributed by atoms with Crippen molar-refractivity contribution in [2.24, 2.45) is 9.98 Å². The summed E-state index contributed by atoms with van der Waals surface area (Å²) in [5.41, 5.74) is -11.1. The Morgan fingerprint density at radius 1 is 0.516 bits per heavy atom. The van der Waals surface area contributed by atoms with E-state index in [2.05, 4.69) is 14.7 Å². The molecule has 8 nitrogen and oxygen atoms in total. The first-order valence-electron chi connectivity index (χ1n) is 14.6. The molecule has 64 heavy (non-hydrogen) atoms. The maximum absolute atomic E-state index is 15.5. The molecule has 0 aliphatic rings. The number of ether oxygens (including phenoxy) is 1. The predicted molar refractivity (Wildman–Crippen MR) is 140 cm³/mol. The molecule has 0 saturated carbocycles. The third-order valence-electron chi connectivity index (χ3n) is 8.01. The number of nitrogens with zero attached hydrogens (tertiary/aromatic N) is 2. The largest absolute Gasteiger partial charge is 0.460 e. The number of alkyl halides is 29. The van der Waals surface area contributed by atoms with Gasteiger partial charge < -0.3 is 10.1 Å². The molecule has 1 N–H and O–H groups in total. The molecule has 0 unspecified atom stereocenters. The summed E-state index contributed by atoms with van der Waals surface area (Å²) in [6, 6.07) is -0.999. The van der Waals surface area contributed by atoms with Crippen LogP contribution in [-0.4, -0.2) is 108 Å². The monoisotopic (exact) mass is 1010 g/mol. The van der Waals surface area contributed by atoms with Crippen molar-refractivity contribution in [2.75, 3.05) is 6.73 Å². The van der Waals surface area contributed by atoms with Gasteiger partial charge in [0.1, 0.15) is 0 Å². The normalized spacial score (nSPS) is 15.0. The minimum absolute atomic E-state index is 0.343. The van der Waals surface area contributed by atoms with Crippen molar-refractivity contribution in [1.82, 2.24) is 5.32 Å². The number of hydrogen-bond acceptors (Lipinski definition) is 7. The summed E-state index contributed by atoms with van der Waals surface area (Å²) in [6.07, 6.45) is -7.66. The van der Waals surface area contributed by atoms with E-state index in [9.17, 15) is 129 Å². The van der Waals surface area contributed by atoms with E-state index < -0.39 is 136 Å². The number of isocyanates is 2. The van der Waals surface area contributed by atoms with Crippen molar-refractivity contribution in [3.05, 3.63) is 22.8 Å². The first-order chi connectivity index (χ1) is 27.9. The number of esters is 1. The fourth-order valence-corrected chi connectivity index (χ4v) is 4.39. The number of carbonyl (C=O) groups is 2. The topological polar surface area (TPSA) is 114 Å². The molecule has 0 aromatic heterocycles. The van der Waals surface area contributed by atoms with Gasteiger partial charge in [0, 0.05) is 18.1 Å². The summed E-state index contributed by atoms with van der Waals surface area (Å²) < 4.78 is 411. The molecule has 0 spiro atoms. The Hall–Kier alpha value is -5.11. The zero-order chi connectivity index (χ0) is 51.7. The second kappa shape index (κ2) is 16.1. The number of amides is 1. The van der Waals surface area contributed by atoms with Gasteiger partial charge in [-0.1, -0.05) is 0 Å². The SMILES string of the molecule is CC(=O)OCNC(=O)c1c(C(F)(F)C(F)(F)C(F)(F)C(F)(F)C(F)(F)C(F)(F)C(F)(F)C(F)(F)C(F)(F)C(F)(F)C(F)(F)C(F)(F)C(F)(F)C(F)(F)F)cc(N=C=O)c(C)c1N=C=O. The van der Waals surface area contributed by atoms with Gasteiger partial charge >= 0.3 is 89.1 Å². The minimum atomic E-state index is -10.1. The Morgan fingerprint density at radius 2 is 0.812 bits per heavy atom. The smallest absolute Gasteiger partial charge is 0.445 e. The second-order valence-electron chi connectivity index (χ2n) is 11.9. The van der Waals surface area contributed by atoms with Gasteiger partial charge in [0.25, 0.3) is 5.91 Å². The Balaban J connectivity index is 4.31. The summed E-state index contributed by atoms with van der Waals surface area (Å²) >= 11 is 0. The lowest BCUT2D eigenvalue weighted by Crippen LogP contribution is -2.79. The predicted octanol–water partition coefficient (Wildman–Crippen LogP) is 10.5. The third kappa shape index (κ3) is 7.50. The minimum Gasteiger partial charge on any atom is -0.445 e. The van der Waals surface area contributed by atoms with Crippen molar-refractivity contribution in [1.29, 1.82) is 0 Å². The standard InChI is InChI=1S/C27H10F29N3O5/c1-7-10(57-4-60)3-9(11(12(7)58-5-61)13(63)59-6-64-8(2)62)14(28,29)15(30,31)16(32,33)17(34,35)18(36,37)19(38,39)20(40,41)21(42,43)22(44,45)23(46,47)24(48,49)25(50,51)26(52,53)27(54,55)56/h3H,6H2,1-2H3,(H,59,63). The zero-order valence-corrected chi connectivity index (χ0v) is 29.2. The summed E-state index contributed by atoms with van der Waals surface area (Å²) in [5.74, 6) is -128. The van der Waals surface area contributed by atoms with E-state index in [0.717, 1.165) is 5.32 Å². The molecule has 1 aromatic carbocycles. The molecule has 1 amide bonds. The Labute approximate surface area is 329 Å². The number of hydrogen-bond donors (Lipinski definition) is 1. The van der Waals surface area contributed by atoms with Gasteiger partial charge in [-0.3, -0.25) is 9.59 Å². The Kier molecular flexibility index (Phi) is 14.3. The van der Waals surface area contributed by atoms with Gasteiger partial charge in [0.2, 0.25) is 12.2 Å². The highest BCUT2D eigenvalue weighted by Gasteiger charge is 3.01. The number of benzene rings is 1. The molecule has 0 fully saturated rings. The average molecular weight is 1010 g/mol. The van der Waals surface area contributed by atoms with Crippen LogP contribution in [0.4, 0.5) is 139 Å². The molecular formula is C27H10F29N3O5. The molecule has 0 heterocycles. The van der Waals surface area contributed by atoms with E-state index in [1.54, 1.807) is 0 Å². The van der Waals surface area contributed by atoms with Gasteiger partial charge in [0.15, 0.2) is 6.73 Å². The maximum atomic E-state index is 15.5. The fourth-order valence-electron chi connectivity index (χ4n) is 4.39. The molecule has 0 aliphatic carbocycles. The number of carbonyl (C=O) groups excluding carboxylic acids is 4. The lowest BCUT2D eigenvalue weighted by molar-refractivity contribution is -0.487. The summed E-state index contributed by atoms with van der Waals surface area (Å²) in [4.78, 5) is 50.1. The molecule has 0 atom stereocenters. The molecule has 37 heteroatoms. The van der Waals surface area contributed by atoms with Crippen LogP contribution < -0.4 is 5.32 Å². The van der Waals surface area contributed by atoms with E-state index in [1.165, 1.54) is 0 Å². The highest BCUT2D eigenvalue weighted by Crippen LogP contribution is 2.69. The second-order valence-corrected chi connectivity index (χ2v) is 11.9. The van der Waals surface area contributed by atoms with Crippen LogP contribution in [0.5, 0.6) is 0 Å². The quantitative estimate of drug-likeness (QED) is 0.0517. The molecular weight excluding hydrogens is 997 g/mol. The van der Waals surface area contributed by atoms with Crippen LogP contribution >= 0.6 is 0 Å². The number of halogens is 29. The van der Waals surface area contributed by atoms with E-state index in [4.69, 9.17) is 0 Å². The third-order valence-corrected chi connectivity index (χ3v) is 8.01. The molecule has 1 rings (SSSR count). The number of rotatable bonds is 18. The van der Waals surface area contributed by atoms with Crippen LogP contribution in [0, 0.1) is 6.92 Å². The van der Waals surface area contributed by atoms with Gasteiger partial charge in [0.05, 0.1) is 16.9 Å². The average Bonchev–Trinajstić information content (AvgIpc) is 3.11. The highest BCUT2D eigenvalue weighted by molar-refractivity contribution is 6.03. The van der Waals surface area contributed by atoms with Crippen molar-refractivity contribution in [2.45, 2.75) is 97.0 Å². The van der Waals surface area contributed by atoms with E-state index in [1.807, 2.05) is 0 Å². The molecule has 0 radical (unpaired) electrons. The van der Waals surface area contributed by atoms with Crippen LogP contribution in [0.15, 0.2) is 16.1 Å². The molecule has 1 aromatic rings. The van der Waals surface area contributed by atoms with Crippen LogP contribution in [0.3, 0.4) is 0 Å². The van der Waals surface area contributed by atoms with Crippen molar-refractivity contribution < 1.29 is 151 Å². The van der Waals surface area contributed by atoms with Gasteiger partial charge in [-0.05, 0) is 13.0 Å². The highest BCUT2D eigenvalue weighted by atomic mass is 19.4. The van der Waals surface area contributed by atoms with E-state index in [0.29, 0.717) is 26.0 Å². The summed E-state index contributed by atoms with van der Waals surface area (Å²) in [5, 5.41) is 1.11. The fraction of sp³-hybridized carbons (Fsp3) is 0.630. The number of aliphatic imine (C=N–C) groups is 2. The lowest BCUT2D eigenvalue weighted by Gasteiger charge is -2.46. The lowest BCUT2D eigenvalue weighted by atomic mass is 9.82. The Morgan fingerprint density at radius 3 is 1.09 bits per heavy atom. The first kappa shape index (κ1) is 56.9. The van der Waals surface area contributed by atoms with Crippen LogP contribution in [0.25, 0.3) is 0 Å². The van der Waals surface area contributed by atoms with Crippen molar-refractivity contribution >= 4 is 35.4 Å². The van der Waals surface area contributed by atoms with Gasteiger partial charge in [-0.25, -0.2) is 9.59 Å². The van der Waals surface area contributed by atoms with Crippen LogP contribution in [0.2, 0.25) is 0 Å². The van der Waals surface area contributed by atoms with Crippen molar-refractivity contribution in [3.8, 4) is 0 Å². The summed E-state index contributed by atoms with van der Waals surface area (Å²) in [7, 11) is 0. The number of nitrogens with one attached hydrogen (secondary N) is 1. The van der Waals surface area contributed by atoms with E-state index >= 15 is 17.6 Å².